The van der Waals surface area contributed by atoms with E-state index in [-0.39, 0.29) is 12.5 Å². The van der Waals surface area contributed by atoms with Crippen LogP contribution in [0.4, 0.5) is 0 Å². The fraction of sp³-hybridized carbons (Fsp3) is 0.333. The van der Waals surface area contributed by atoms with Crippen LogP contribution >= 0.6 is 0 Å². The summed E-state index contributed by atoms with van der Waals surface area (Å²) in [6.07, 6.45) is 7.45. The van der Waals surface area contributed by atoms with Gasteiger partial charge in [0.05, 0.1) is 19.3 Å². The minimum atomic E-state index is -1.16. The number of aliphatic hydroxyl groups is 1. The number of aryl methyl sites for hydroxylation is 1. The number of carbonyl (C=O) groups excluding carboxylic acids is 1. The number of nitrogens with zero attached hydrogens (tertiary/aromatic N) is 2. The molecule has 6 nitrogen and oxygen atoms in total. The highest BCUT2D eigenvalue weighted by Crippen LogP contribution is 2.26. The van der Waals surface area contributed by atoms with Crippen LogP contribution in [0, 0.1) is 0 Å². The van der Waals surface area contributed by atoms with E-state index in [1.807, 2.05) is 18.2 Å². The van der Waals surface area contributed by atoms with E-state index < -0.39 is 5.60 Å². The average Bonchev–Trinajstić information content (AvgIpc) is 3.19. The molecule has 1 amide bonds. The Morgan fingerprint density at radius 3 is 3.12 bits per heavy atom. The van der Waals surface area contributed by atoms with Crippen molar-refractivity contribution in [3.63, 3.8) is 0 Å². The first-order valence-corrected chi connectivity index (χ1v) is 7.87. The molecule has 126 valence electrons. The summed E-state index contributed by atoms with van der Waals surface area (Å²) in [5.74, 6) is 0.667. The predicted molar refractivity (Wildman–Crippen MR) is 90.5 cm³/mol. The second-order valence-corrected chi connectivity index (χ2v) is 6.19. The first-order chi connectivity index (χ1) is 11.4. The van der Waals surface area contributed by atoms with Gasteiger partial charge in [-0.1, -0.05) is 6.07 Å². The zero-order valence-corrected chi connectivity index (χ0v) is 13.8. The first-order valence-electron chi connectivity index (χ1n) is 7.87. The molecule has 1 aliphatic heterocycles. The van der Waals surface area contributed by atoms with E-state index in [1.54, 1.807) is 37.1 Å². The summed E-state index contributed by atoms with van der Waals surface area (Å²) in [6.45, 7) is 2.47. The molecule has 6 heteroatoms. The van der Waals surface area contributed by atoms with Crippen molar-refractivity contribution in [1.29, 1.82) is 0 Å². The molecular formula is C18H21N3O3. The lowest BCUT2D eigenvalue weighted by Gasteiger charge is -2.21. The van der Waals surface area contributed by atoms with Crippen LogP contribution in [-0.4, -0.2) is 33.9 Å². The summed E-state index contributed by atoms with van der Waals surface area (Å²) >= 11 is 0. The van der Waals surface area contributed by atoms with Crippen LogP contribution in [0.25, 0.3) is 6.08 Å². The van der Waals surface area contributed by atoms with E-state index in [0.717, 1.165) is 23.3 Å². The van der Waals surface area contributed by atoms with Crippen molar-refractivity contribution in [1.82, 2.24) is 15.1 Å². The van der Waals surface area contributed by atoms with Gasteiger partial charge in [0.15, 0.2) is 0 Å². The number of aromatic nitrogens is 2. The molecule has 0 aliphatic carbocycles. The molecule has 0 saturated carbocycles. The van der Waals surface area contributed by atoms with Gasteiger partial charge in [-0.3, -0.25) is 9.48 Å². The maximum Gasteiger partial charge on any atom is 0.244 e. The number of ether oxygens (including phenoxy) is 1. The zero-order valence-electron chi connectivity index (χ0n) is 13.8. The standard InChI is InChI=1S/C18H21N3O3/c1-18(23,15-10-20-21(2)11-15)12-19-17(22)6-4-13-3-5-16-14(9-13)7-8-24-16/h3-6,9-11,23H,7-8,12H2,1-2H3,(H,19,22)/b6-4+. The molecule has 1 unspecified atom stereocenters. The third kappa shape index (κ3) is 3.65. The fourth-order valence-electron chi connectivity index (χ4n) is 2.60. The van der Waals surface area contributed by atoms with Crippen molar-refractivity contribution in [2.75, 3.05) is 13.2 Å². The number of carbonyl (C=O) groups is 1. The van der Waals surface area contributed by atoms with Crippen molar-refractivity contribution >= 4 is 12.0 Å². The summed E-state index contributed by atoms with van der Waals surface area (Å²) < 4.78 is 7.08. The molecule has 2 N–H and O–H groups in total. The second kappa shape index (κ2) is 6.49. The summed E-state index contributed by atoms with van der Waals surface area (Å²) in [4.78, 5) is 12.0. The lowest BCUT2D eigenvalue weighted by atomic mass is 10.00. The Morgan fingerprint density at radius 1 is 1.54 bits per heavy atom. The van der Waals surface area contributed by atoms with Gasteiger partial charge in [0, 0.05) is 31.3 Å². The summed E-state index contributed by atoms with van der Waals surface area (Å²) in [5.41, 5.74) is 1.61. The van der Waals surface area contributed by atoms with Crippen molar-refractivity contribution in [3.8, 4) is 5.75 Å². The summed E-state index contributed by atoms with van der Waals surface area (Å²) in [6, 6.07) is 5.87. The molecule has 2 heterocycles. The van der Waals surface area contributed by atoms with Gasteiger partial charge in [0.2, 0.25) is 5.91 Å². The lowest BCUT2D eigenvalue weighted by molar-refractivity contribution is -0.117. The van der Waals surface area contributed by atoms with Gasteiger partial charge >= 0.3 is 0 Å². The molecule has 24 heavy (non-hydrogen) atoms. The Balaban J connectivity index is 1.57. The molecule has 1 atom stereocenters. The van der Waals surface area contributed by atoms with Crippen LogP contribution in [0.1, 0.15) is 23.6 Å². The molecule has 1 aliphatic rings. The summed E-state index contributed by atoms with van der Waals surface area (Å²) in [5, 5.41) is 17.2. The molecule has 0 spiro atoms. The van der Waals surface area contributed by atoms with E-state index >= 15 is 0 Å². The number of hydrogen-bond donors (Lipinski definition) is 2. The van der Waals surface area contributed by atoms with Crippen molar-refractivity contribution in [2.24, 2.45) is 7.05 Å². The van der Waals surface area contributed by atoms with Gasteiger partial charge in [-0.25, -0.2) is 0 Å². The SMILES string of the molecule is Cn1cc(C(C)(O)CNC(=O)/C=C/c2ccc3c(c2)CCO3)cn1. The molecule has 1 aromatic carbocycles. The Morgan fingerprint density at radius 2 is 2.38 bits per heavy atom. The largest absolute Gasteiger partial charge is 0.493 e. The van der Waals surface area contributed by atoms with Gasteiger partial charge in [-0.15, -0.1) is 0 Å². The Kier molecular flexibility index (Phi) is 4.40. The number of fused-ring (bicyclic) bond motifs is 1. The van der Waals surface area contributed by atoms with Crippen LogP contribution in [0.5, 0.6) is 5.75 Å². The quantitative estimate of drug-likeness (QED) is 0.814. The topological polar surface area (TPSA) is 76.4 Å². The minimum Gasteiger partial charge on any atom is -0.493 e. The molecule has 0 fully saturated rings. The maximum absolute atomic E-state index is 12.0. The van der Waals surface area contributed by atoms with Crippen molar-refractivity contribution in [2.45, 2.75) is 18.9 Å². The molecule has 0 bridgehead atoms. The molecule has 0 saturated heterocycles. The van der Waals surface area contributed by atoms with E-state index in [9.17, 15) is 9.90 Å². The lowest BCUT2D eigenvalue weighted by Crippen LogP contribution is -2.37. The van der Waals surface area contributed by atoms with E-state index in [2.05, 4.69) is 10.4 Å². The number of rotatable bonds is 5. The highest BCUT2D eigenvalue weighted by atomic mass is 16.5. The smallest absolute Gasteiger partial charge is 0.244 e. The Hall–Kier alpha value is -2.60. The van der Waals surface area contributed by atoms with Crippen LogP contribution in [-0.2, 0) is 23.9 Å². The zero-order chi connectivity index (χ0) is 17.2. The second-order valence-electron chi connectivity index (χ2n) is 6.19. The summed E-state index contributed by atoms with van der Waals surface area (Å²) in [7, 11) is 1.78. The van der Waals surface area contributed by atoms with Crippen LogP contribution in [0.15, 0.2) is 36.7 Å². The van der Waals surface area contributed by atoms with E-state index in [4.69, 9.17) is 4.74 Å². The predicted octanol–water partition coefficient (Wildman–Crippen LogP) is 1.39. The van der Waals surface area contributed by atoms with Crippen molar-refractivity contribution in [3.05, 3.63) is 53.4 Å². The highest BCUT2D eigenvalue weighted by molar-refractivity contribution is 5.91. The number of hydrogen-bond acceptors (Lipinski definition) is 4. The van der Waals surface area contributed by atoms with Gasteiger partial charge in [-0.05, 0) is 36.3 Å². The van der Waals surface area contributed by atoms with Crippen LogP contribution in [0.3, 0.4) is 0 Å². The molecule has 1 aromatic heterocycles. The molecular weight excluding hydrogens is 306 g/mol. The minimum absolute atomic E-state index is 0.111. The first kappa shape index (κ1) is 16.3. The highest BCUT2D eigenvalue weighted by Gasteiger charge is 2.25. The number of benzene rings is 1. The number of amides is 1. The van der Waals surface area contributed by atoms with Gasteiger partial charge < -0.3 is 15.2 Å². The molecule has 0 radical (unpaired) electrons. The number of nitrogens with one attached hydrogen (secondary N) is 1. The average molecular weight is 327 g/mol. The van der Waals surface area contributed by atoms with Crippen molar-refractivity contribution < 1.29 is 14.6 Å². The molecule has 3 rings (SSSR count). The van der Waals surface area contributed by atoms with Crippen LogP contribution in [0.2, 0.25) is 0 Å². The Bertz CT molecular complexity index is 778. The van der Waals surface area contributed by atoms with E-state index in [0.29, 0.717) is 12.2 Å². The van der Waals surface area contributed by atoms with Gasteiger partial charge in [0.1, 0.15) is 11.4 Å². The van der Waals surface area contributed by atoms with E-state index in [1.165, 1.54) is 6.08 Å². The normalized spacial score (nSPS) is 15.8. The molecule has 2 aromatic rings. The van der Waals surface area contributed by atoms with Crippen LogP contribution < -0.4 is 10.1 Å². The van der Waals surface area contributed by atoms with Gasteiger partial charge in [-0.2, -0.15) is 5.10 Å². The third-order valence-electron chi connectivity index (χ3n) is 4.07. The maximum atomic E-state index is 12.0. The Labute approximate surface area is 140 Å². The third-order valence-corrected chi connectivity index (χ3v) is 4.07. The monoisotopic (exact) mass is 327 g/mol. The fourth-order valence-corrected chi connectivity index (χ4v) is 2.60. The van der Waals surface area contributed by atoms with Gasteiger partial charge in [0.25, 0.3) is 0 Å².